The fourth-order valence-corrected chi connectivity index (χ4v) is 10.2. The van der Waals surface area contributed by atoms with E-state index in [-0.39, 0.29) is 0 Å². The molecule has 9 atom stereocenters. The molecule has 3 nitrogen and oxygen atoms in total. The quantitative estimate of drug-likeness (QED) is 0.387. The SMILES string of the molecule is CCCc1cnn(CC(OC)C2CCC3C4CCC5(C)CC(CCC)CCC5C4CCC23C)c1. The Bertz CT molecular complexity index is 818. The van der Waals surface area contributed by atoms with E-state index < -0.39 is 0 Å². The van der Waals surface area contributed by atoms with Crippen molar-refractivity contribution >= 4 is 0 Å². The van der Waals surface area contributed by atoms with Crippen molar-refractivity contribution in [1.82, 2.24) is 9.78 Å². The first-order valence-electron chi connectivity index (χ1n) is 15.0. The Morgan fingerprint density at radius 3 is 2.53 bits per heavy atom. The molecule has 3 heteroatoms. The maximum absolute atomic E-state index is 6.23. The molecular formula is C31H52N2O. The normalized spacial score (nSPS) is 42.6. The second kappa shape index (κ2) is 9.91. The number of nitrogens with zero attached hydrogens (tertiary/aromatic N) is 2. The maximum Gasteiger partial charge on any atom is 0.0800 e. The number of methoxy groups -OCH3 is 1. The fraction of sp³-hybridized carbons (Fsp3) is 0.903. The van der Waals surface area contributed by atoms with Gasteiger partial charge in [-0.15, -0.1) is 0 Å². The Morgan fingerprint density at radius 2 is 1.76 bits per heavy atom. The first-order valence-corrected chi connectivity index (χ1v) is 15.0. The average molecular weight is 469 g/mol. The number of hydrogen-bond acceptors (Lipinski definition) is 2. The molecule has 192 valence electrons. The van der Waals surface area contributed by atoms with E-state index in [0.717, 1.165) is 42.6 Å². The highest BCUT2D eigenvalue weighted by Crippen LogP contribution is 2.67. The molecule has 1 aromatic heterocycles. The highest BCUT2D eigenvalue weighted by molar-refractivity contribution is 5.10. The second-order valence-electron chi connectivity index (χ2n) is 13.5. The van der Waals surface area contributed by atoms with Crippen LogP contribution >= 0.6 is 0 Å². The van der Waals surface area contributed by atoms with Crippen molar-refractivity contribution in [1.29, 1.82) is 0 Å². The summed E-state index contributed by atoms with van der Waals surface area (Å²) < 4.78 is 8.40. The molecule has 0 aliphatic heterocycles. The third-order valence-corrected chi connectivity index (χ3v) is 11.7. The summed E-state index contributed by atoms with van der Waals surface area (Å²) in [6, 6.07) is 0. The van der Waals surface area contributed by atoms with Crippen LogP contribution in [0.2, 0.25) is 0 Å². The minimum atomic E-state index is 0.291. The van der Waals surface area contributed by atoms with Crippen LogP contribution < -0.4 is 0 Å². The summed E-state index contributed by atoms with van der Waals surface area (Å²) >= 11 is 0. The lowest BCUT2D eigenvalue weighted by atomic mass is 9.45. The average Bonchev–Trinajstić information content (AvgIpc) is 3.40. The van der Waals surface area contributed by atoms with Crippen LogP contribution in [-0.4, -0.2) is 23.0 Å². The molecule has 5 rings (SSSR count). The largest absolute Gasteiger partial charge is 0.379 e. The number of hydrogen-bond donors (Lipinski definition) is 0. The van der Waals surface area contributed by atoms with Gasteiger partial charge in [0, 0.05) is 13.3 Å². The zero-order valence-electron chi connectivity index (χ0n) is 22.9. The lowest BCUT2D eigenvalue weighted by Gasteiger charge is -2.60. The van der Waals surface area contributed by atoms with Gasteiger partial charge in [0.05, 0.1) is 18.8 Å². The van der Waals surface area contributed by atoms with E-state index >= 15 is 0 Å². The van der Waals surface area contributed by atoms with Crippen molar-refractivity contribution in [2.45, 2.75) is 124 Å². The van der Waals surface area contributed by atoms with Crippen LogP contribution in [0.1, 0.15) is 110 Å². The highest BCUT2D eigenvalue weighted by Gasteiger charge is 2.60. The summed E-state index contributed by atoms with van der Waals surface area (Å²) in [6.45, 7) is 10.9. The maximum atomic E-state index is 6.23. The third-order valence-electron chi connectivity index (χ3n) is 11.7. The van der Waals surface area contributed by atoms with Crippen molar-refractivity contribution in [2.75, 3.05) is 7.11 Å². The van der Waals surface area contributed by atoms with Gasteiger partial charge in [0.25, 0.3) is 0 Å². The van der Waals surface area contributed by atoms with Crippen LogP contribution in [0, 0.1) is 46.3 Å². The molecule has 0 aromatic carbocycles. The van der Waals surface area contributed by atoms with Crippen LogP contribution in [-0.2, 0) is 17.7 Å². The number of aromatic nitrogens is 2. The topological polar surface area (TPSA) is 27.1 Å². The Morgan fingerprint density at radius 1 is 1.00 bits per heavy atom. The lowest BCUT2D eigenvalue weighted by Crippen LogP contribution is -2.53. The Kier molecular flexibility index (Phi) is 7.24. The molecule has 34 heavy (non-hydrogen) atoms. The van der Waals surface area contributed by atoms with Gasteiger partial charge in [-0.1, -0.05) is 53.4 Å². The summed E-state index contributed by atoms with van der Waals surface area (Å²) in [6.07, 6.45) is 23.0. The molecule has 9 unspecified atom stereocenters. The van der Waals surface area contributed by atoms with E-state index in [1.54, 1.807) is 0 Å². The predicted molar refractivity (Wildman–Crippen MR) is 141 cm³/mol. The molecule has 0 N–H and O–H groups in total. The molecule has 4 aliphatic rings. The summed E-state index contributed by atoms with van der Waals surface area (Å²) in [5, 5.41) is 4.69. The Balaban J connectivity index is 1.29. The van der Waals surface area contributed by atoms with Gasteiger partial charge in [0.1, 0.15) is 0 Å². The second-order valence-corrected chi connectivity index (χ2v) is 13.5. The number of aryl methyl sites for hydroxylation is 1. The smallest absolute Gasteiger partial charge is 0.0800 e. The summed E-state index contributed by atoms with van der Waals surface area (Å²) in [7, 11) is 1.95. The number of fused-ring (bicyclic) bond motifs is 5. The predicted octanol–water partition coefficient (Wildman–Crippen LogP) is 7.93. The van der Waals surface area contributed by atoms with Gasteiger partial charge in [-0.2, -0.15) is 5.10 Å². The molecule has 4 aliphatic carbocycles. The van der Waals surface area contributed by atoms with E-state index in [0.29, 0.717) is 22.9 Å². The standard InChI is InChI=1S/C31H52N2O/c1-6-8-22-10-11-26-24-15-17-31(4)27(25(24)14-16-30(26,3)18-22)12-13-28(31)29(34-5)21-33-20-23(9-7-2)19-32-33/h19-20,22,24-29H,6-18,21H2,1-5H3. The van der Waals surface area contributed by atoms with Gasteiger partial charge in [-0.05, 0) is 110 Å². The van der Waals surface area contributed by atoms with Crippen molar-refractivity contribution < 1.29 is 4.74 Å². The molecule has 0 spiro atoms. The van der Waals surface area contributed by atoms with Gasteiger partial charge >= 0.3 is 0 Å². The molecule has 0 bridgehead atoms. The monoisotopic (exact) mass is 468 g/mol. The highest BCUT2D eigenvalue weighted by atomic mass is 16.5. The van der Waals surface area contributed by atoms with E-state index in [1.165, 1.54) is 82.6 Å². The van der Waals surface area contributed by atoms with Crippen molar-refractivity contribution in [2.24, 2.45) is 46.3 Å². The minimum absolute atomic E-state index is 0.291. The summed E-state index contributed by atoms with van der Waals surface area (Å²) in [4.78, 5) is 0. The molecule has 1 heterocycles. The van der Waals surface area contributed by atoms with Crippen LogP contribution in [0.5, 0.6) is 0 Å². The zero-order valence-corrected chi connectivity index (χ0v) is 22.9. The van der Waals surface area contributed by atoms with E-state index in [9.17, 15) is 0 Å². The van der Waals surface area contributed by atoms with Crippen molar-refractivity contribution in [3.8, 4) is 0 Å². The molecule has 4 fully saturated rings. The number of ether oxygens (including phenoxy) is 1. The first-order chi connectivity index (χ1) is 16.4. The third kappa shape index (κ3) is 4.31. The molecular weight excluding hydrogens is 416 g/mol. The Labute approximate surface area is 209 Å². The van der Waals surface area contributed by atoms with Gasteiger partial charge in [0.15, 0.2) is 0 Å². The molecule has 0 saturated heterocycles. The summed E-state index contributed by atoms with van der Waals surface area (Å²) in [5.74, 6) is 5.58. The van der Waals surface area contributed by atoms with Gasteiger partial charge in [-0.3, -0.25) is 4.68 Å². The van der Waals surface area contributed by atoms with E-state index in [2.05, 4.69) is 44.8 Å². The van der Waals surface area contributed by atoms with Gasteiger partial charge in [-0.25, -0.2) is 0 Å². The fourth-order valence-electron chi connectivity index (χ4n) is 10.2. The van der Waals surface area contributed by atoms with Gasteiger partial charge < -0.3 is 4.74 Å². The van der Waals surface area contributed by atoms with Gasteiger partial charge in [0.2, 0.25) is 0 Å². The van der Waals surface area contributed by atoms with Crippen LogP contribution in [0.3, 0.4) is 0 Å². The van der Waals surface area contributed by atoms with Crippen LogP contribution in [0.15, 0.2) is 12.4 Å². The van der Waals surface area contributed by atoms with Crippen LogP contribution in [0.4, 0.5) is 0 Å². The van der Waals surface area contributed by atoms with Crippen molar-refractivity contribution in [3.63, 3.8) is 0 Å². The van der Waals surface area contributed by atoms with Crippen molar-refractivity contribution in [3.05, 3.63) is 18.0 Å². The molecule has 0 radical (unpaired) electrons. The van der Waals surface area contributed by atoms with E-state index in [4.69, 9.17) is 9.84 Å². The lowest BCUT2D eigenvalue weighted by molar-refractivity contribution is -0.117. The molecule has 0 amide bonds. The zero-order chi connectivity index (χ0) is 23.9. The minimum Gasteiger partial charge on any atom is -0.379 e. The summed E-state index contributed by atoms with van der Waals surface area (Å²) in [5.41, 5.74) is 2.46. The Hall–Kier alpha value is -0.830. The first kappa shape index (κ1) is 24.8. The molecule has 1 aromatic rings. The van der Waals surface area contributed by atoms with E-state index in [1.807, 2.05) is 7.11 Å². The van der Waals surface area contributed by atoms with Crippen LogP contribution in [0.25, 0.3) is 0 Å². The molecule has 4 saturated carbocycles. The number of rotatable bonds is 8.